The Kier molecular flexibility index (Phi) is 5.21. The molecule has 1 saturated carbocycles. The molecule has 0 bridgehead atoms. The molecule has 1 rings (SSSR count). The predicted octanol–water partition coefficient (Wildman–Crippen LogP) is 1.22. The van der Waals surface area contributed by atoms with E-state index >= 15 is 0 Å². The fourth-order valence-corrected chi connectivity index (χ4v) is 3.57. The summed E-state index contributed by atoms with van der Waals surface area (Å²) in [6.07, 6.45) is 6.37. The van der Waals surface area contributed by atoms with E-state index in [1.807, 2.05) is 6.92 Å². The molecular weight excluding hydrogens is 224 g/mol. The van der Waals surface area contributed by atoms with Crippen LogP contribution < -0.4 is 10.5 Å². The second kappa shape index (κ2) is 5.98. The molecule has 0 radical (unpaired) electrons. The normalized spacial score (nSPS) is 20.9. The van der Waals surface area contributed by atoms with Gasteiger partial charge in [0.2, 0.25) is 10.0 Å². The zero-order chi connectivity index (χ0) is 12.1. The molecule has 4 nitrogen and oxygen atoms in total. The topological polar surface area (TPSA) is 72.2 Å². The van der Waals surface area contributed by atoms with Gasteiger partial charge in [0, 0.05) is 6.54 Å². The van der Waals surface area contributed by atoms with Crippen LogP contribution in [0.1, 0.15) is 45.4 Å². The van der Waals surface area contributed by atoms with Gasteiger partial charge in [0.1, 0.15) is 0 Å². The Balaban J connectivity index is 2.50. The van der Waals surface area contributed by atoms with Gasteiger partial charge in [-0.3, -0.25) is 0 Å². The van der Waals surface area contributed by atoms with Gasteiger partial charge in [0.25, 0.3) is 0 Å². The van der Waals surface area contributed by atoms with Crippen LogP contribution in [-0.2, 0) is 10.0 Å². The summed E-state index contributed by atoms with van der Waals surface area (Å²) in [7, 11) is -3.08. The third-order valence-electron chi connectivity index (χ3n) is 3.49. The summed E-state index contributed by atoms with van der Waals surface area (Å²) in [5.41, 5.74) is 5.82. The standard InChI is InChI=1S/C11H24N2O2S/c1-2-8-16(14,15)13-10-11(9-12)6-4-3-5-7-11/h13H,2-10,12H2,1H3. The Morgan fingerprint density at radius 2 is 1.88 bits per heavy atom. The van der Waals surface area contributed by atoms with Crippen molar-refractivity contribution in [1.29, 1.82) is 0 Å². The second-order valence-electron chi connectivity index (χ2n) is 4.90. The largest absolute Gasteiger partial charge is 0.330 e. The summed E-state index contributed by atoms with van der Waals surface area (Å²) in [5, 5.41) is 0. The average Bonchev–Trinajstić information content (AvgIpc) is 2.28. The van der Waals surface area contributed by atoms with Crippen LogP contribution >= 0.6 is 0 Å². The summed E-state index contributed by atoms with van der Waals surface area (Å²) < 4.78 is 25.9. The maximum absolute atomic E-state index is 11.6. The van der Waals surface area contributed by atoms with Gasteiger partial charge < -0.3 is 5.73 Å². The highest BCUT2D eigenvalue weighted by Crippen LogP contribution is 2.34. The maximum Gasteiger partial charge on any atom is 0.211 e. The highest BCUT2D eigenvalue weighted by atomic mass is 32.2. The Morgan fingerprint density at radius 3 is 2.38 bits per heavy atom. The Hall–Kier alpha value is -0.130. The smallest absolute Gasteiger partial charge is 0.211 e. The molecule has 0 aromatic carbocycles. The fourth-order valence-electron chi connectivity index (χ4n) is 2.36. The van der Waals surface area contributed by atoms with Crippen LogP contribution in [0.15, 0.2) is 0 Å². The van der Waals surface area contributed by atoms with Crippen LogP contribution in [0.4, 0.5) is 0 Å². The molecule has 0 atom stereocenters. The summed E-state index contributed by atoms with van der Waals surface area (Å²) in [6.45, 7) is 2.98. The molecule has 0 aromatic heterocycles. The Labute approximate surface area is 99.0 Å². The van der Waals surface area contributed by atoms with Crippen LogP contribution in [0.3, 0.4) is 0 Å². The summed E-state index contributed by atoms with van der Waals surface area (Å²) in [6, 6.07) is 0. The van der Waals surface area contributed by atoms with E-state index in [0.29, 0.717) is 19.5 Å². The van der Waals surface area contributed by atoms with Gasteiger partial charge in [-0.25, -0.2) is 13.1 Å². The van der Waals surface area contributed by atoms with Gasteiger partial charge in [-0.2, -0.15) is 0 Å². The molecule has 3 N–H and O–H groups in total. The Morgan fingerprint density at radius 1 is 1.25 bits per heavy atom. The first-order valence-electron chi connectivity index (χ1n) is 6.21. The monoisotopic (exact) mass is 248 g/mol. The van der Waals surface area contributed by atoms with E-state index in [2.05, 4.69) is 4.72 Å². The van der Waals surface area contributed by atoms with Gasteiger partial charge in [0.05, 0.1) is 5.75 Å². The number of nitrogens with one attached hydrogen (secondary N) is 1. The molecule has 5 heteroatoms. The van der Waals surface area contributed by atoms with Crippen molar-refractivity contribution >= 4 is 10.0 Å². The van der Waals surface area contributed by atoms with E-state index in [-0.39, 0.29) is 11.2 Å². The number of hydrogen-bond acceptors (Lipinski definition) is 3. The zero-order valence-electron chi connectivity index (χ0n) is 10.2. The first kappa shape index (κ1) is 13.9. The minimum atomic E-state index is -3.08. The van der Waals surface area contributed by atoms with Crippen molar-refractivity contribution in [3.05, 3.63) is 0 Å². The van der Waals surface area contributed by atoms with Crippen molar-refractivity contribution in [1.82, 2.24) is 4.72 Å². The highest BCUT2D eigenvalue weighted by Gasteiger charge is 2.31. The minimum Gasteiger partial charge on any atom is -0.330 e. The highest BCUT2D eigenvalue weighted by molar-refractivity contribution is 7.89. The summed E-state index contributed by atoms with van der Waals surface area (Å²) >= 11 is 0. The first-order valence-corrected chi connectivity index (χ1v) is 7.86. The molecule has 0 heterocycles. The van der Waals surface area contributed by atoms with Crippen molar-refractivity contribution in [3.63, 3.8) is 0 Å². The maximum atomic E-state index is 11.6. The quantitative estimate of drug-likeness (QED) is 0.742. The van der Waals surface area contributed by atoms with Crippen molar-refractivity contribution in [2.45, 2.75) is 45.4 Å². The van der Waals surface area contributed by atoms with Gasteiger partial charge in [0.15, 0.2) is 0 Å². The van der Waals surface area contributed by atoms with Crippen molar-refractivity contribution in [2.75, 3.05) is 18.8 Å². The minimum absolute atomic E-state index is 0.0130. The van der Waals surface area contributed by atoms with Crippen LogP contribution in [-0.4, -0.2) is 27.3 Å². The molecular formula is C11H24N2O2S. The number of nitrogens with two attached hydrogens (primary N) is 1. The van der Waals surface area contributed by atoms with E-state index < -0.39 is 10.0 Å². The molecule has 0 unspecified atom stereocenters. The van der Waals surface area contributed by atoms with Crippen LogP contribution in [0.5, 0.6) is 0 Å². The number of hydrogen-bond donors (Lipinski definition) is 2. The van der Waals surface area contributed by atoms with Gasteiger partial charge in [-0.1, -0.05) is 26.2 Å². The van der Waals surface area contributed by atoms with Crippen LogP contribution in [0, 0.1) is 5.41 Å². The van der Waals surface area contributed by atoms with Crippen LogP contribution in [0.25, 0.3) is 0 Å². The fraction of sp³-hybridized carbons (Fsp3) is 1.00. The van der Waals surface area contributed by atoms with Crippen molar-refractivity contribution in [2.24, 2.45) is 11.1 Å². The van der Waals surface area contributed by atoms with Crippen molar-refractivity contribution < 1.29 is 8.42 Å². The first-order chi connectivity index (χ1) is 7.54. The Bertz CT molecular complexity index is 295. The second-order valence-corrected chi connectivity index (χ2v) is 6.83. The van der Waals surface area contributed by atoms with Gasteiger partial charge >= 0.3 is 0 Å². The van der Waals surface area contributed by atoms with Gasteiger partial charge in [-0.05, 0) is 31.2 Å². The summed E-state index contributed by atoms with van der Waals surface area (Å²) in [4.78, 5) is 0. The van der Waals surface area contributed by atoms with Crippen molar-refractivity contribution in [3.8, 4) is 0 Å². The third kappa shape index (κ3) is 4.03. The molecule has 1 aliphatic rings. The molecule has 1 fully saturated rings. The van der Waals surface area contributed by atoms with E-state index in [4.69, 9.17) is 5.73 Å². The summed E-state index contributed by atoms with van der Waals surface area (Å²) in [5.74, 6) is 0.216. The third-order valence-corrected chi connectivity index (χ3v) is 5.02. The molecule has 0 amide bonds. The molecule has 16 heavy (non-hydrogen) atoms. The van der Waals surface area contributed by atoms with E-state index in [9.17, 15) is 8.42 Å². The average molecular weight is 248 g/mol. The lowest BCUT2D eigenvalue weighted by Gasteiger charge is -2.36. The van der Waals surface area contributed by atoms with Crippen LogP contribution in [0.2, 0.25) is 0 Å². The molecule has 0 saturated heterocycles. The molecule has 1 aliphatic carbocycles. The van der Waals surface area contributed by atoms with E-state index in [0.717, 1.165) is 12.8 Å². The van der Waals surface area contributed by atoms with Gasteiger partial charge in [-0.15, -0.1) is 0 Å². The molecule has 0 aliphatic heterocycles. The molecule has 0 aromatic rings. The lowest BCUT2D eigenvalue weighted by Crippen LogP contribution is -2.44. The SMILES string of the molecule is CCCS(=O)(=O)NCC1(CN)CCCCC1. The molecule has 96 valence electrons. The van der Waals surface area contributed by atoms with E-state index in [1.165, 1.54) is 19.3 Å². The number of rotatable bonds is 6. The van der Waals surface area contributed by atoms with E-state index in [1.54, 1.807) is 0 Å². The number of sulfonamides is 1. The lowest BCUT2D eigenvalue weighted by atomic mass is 9.74. The predicted molar refractivity (Wildman–Crippen MR) is 66.7 cm³/mol. The lowest BCUT2D eigenvalue weighted by molar-refractivity contribution is 0.202. The zero-order valence-corrected chi connectivity index (χ0v) is 11.0. The molecule has 0 spiro atoms.